The zero-order chi connectivity index (χ0) is 12.7. The number of nitrogens with one attached hydrogen (secondary N) is 1. The van der Waals surface area contributed by atoms with E-state index in [-0.39, 0.29) is 0 Å². The number of nitrogens with zero attached hydrogens (tertiary/aromatic N) is 1. The highest BCUT2D eigenvalue weighted by molar-refractivity contribution is 5.85. The average Bonchev–Trinajstić information content (AvgIpc) is 3.24. The van der Waals surface area contributed by atoms with Crippen molar-refractivity contribution in [3.8, 4) is 0 Å². The first-order valence-electron chi connectivity index (χ1n) is 6.90. The maximum atomic E-state index is 4.23. The molecule has 19 heavy (non-hydrogen) atoms. The minimum atomic E-state index is 0.749. The molecule has 1 saturated carbocycles. The predicted molar refractivity (Wildman–Crippen MR) is 77.3 cm³/mol. The average molecular weight is 248 g/mol. The Balaban J connectivity index is 1.84. The quantitative estimate of drug-likeness (QED) is 0.744. The zero-order valence-corrected chi connectivity index (χ0v) is 10.8. The van der Waals surface area contributed by atoms with E-state index in [1.54, 1.807) is 0 Å². The highest BCUT2D eigenvalue weighted by atomic mass is 14.7. The monoisotopic (exact) mass is 248 g/mol. The number of hydrogen-bond donors (Lipinski definition) is 1. The molecule has 0 radical (unpaired) electrons. The van der Waals surface area contributed by atoms with Crippen molar-refractivity contribution in [2.45, 2.75) is 25.2 Å². The Morgan fingerprint density at radius 3 is 2.79 bits per heavy atom. The van der Waals surface area contributed by atoms with Crippen LogP contribution in [0.5, 0.6) is 0 Å². The zero-order valence-electron chi connectivity index (χ0n) is 10.8. The lowest BCUT2D eigenvalue weighted by molar-refractivity contribution is 1.01. The summed E-state index contributed by atoms with van der Waals surface area (Å²) in [6.45, 7) is 0. The van der Waals surface area contributed by atoms with Crippen LogP contribution < -0.4 is 0 Å². The second-order valence-electron chi connectivity index (χ2n) is 5.38. The summed E-state index contributed by atoms with van der Waals surface area (Å²) in [6, 6.07) is 12.8. The number of H-pyrrole nitrogens is 1. The third-order valence-corrected chi connectivity index (χ3v) is 3.94. The Morgan fingerprint density at radius 2 is 2.00 bits per heavy atom. The Labute approximate surface area is 112 Å². The van der Waals surface area contributed by atoms with Gasteiger partial charge in [0.2, 0.25) is 0 Å². The molecule has 2 nitrogen and oxygen atoms in total. The van der Waals surface area contributed by atoms with Gasteiger partial charge < -0.3 is 4.98 Å². The molecule has 2 aromatic heterocycles. The summed E-state index contributed by atoms with van der Waals surface area (Å²) in [5.74, 6) is 0.749. The van der Waals surface area contributed by atoms with Crippen molar-refractivity contribution in [3.63, 3.8) is 0 Å². The van der Waals surface area contributed by atoms with Gasteiger partial charge in [-0.05, 0) is 42.0 Å². The Morgan fingerprint density at radius 1 is 1.11 bits per heavy atom. The van der Waals surface area contributed by atoms with Crippen LogP contribution in [-0.4, -0.2) is 9.97 Å². The number of benzene rings is 1. The lowest BCUT2D eigenvalue weighted by Crippen LogP contribution is -1.92. The molecule has 0 bridgehead atoms. The van der Waals surface area contributed by atoms with Crippen molar-refractivity contribution in [2.24, 2.45) is 0 Å². The minimum Gasteiger partial charge on any atom is -0.358 e. The summed E-state index contributed by atoms with van der Waals surface area (Å²) in [4.78, 5) is 7.85. The van der Waals surface area contributed by atoms with Gasteiger partial charge in [0.1, 0.15) is 0 Å². The number of aromatic nitrogens is 2. The maximum Gasteiger partial charge on any atom is 0.0459 e. The number of fused-ring (bicyclic) bond motifs is 1. The molecule has 4 rings (SSSR count). The molecule has 1 aliphatic rings. The third-order valence-electron chi connectivity index (χ3n) is 3.94. The van der Waals surface area contributed by atoms with Gasteiger partial charge in [-0.2, -0.15) is 0 Å². The molecule has 1 N–H and O–H groups in total. The normalized spacial score (nSPS) is 14.9. The minimum absolute atomic E-state index is 0.749. The molecule has 0 unspecified atom stereocenters. The highest BCUT2D eigenvalue weighted by Gasteiger charge is 2.28. The molecular formula is C17H16N2. The van der Waals surface area contributed by atoms with Crippen molar-refractivity contribution in [2.75, 3.05) is 0 Å². The van der Waals surface area contributed by atoms with Crippen LogP contribution in [0.2, 0.25) is 0 Å². The van der Waals surface area contributed by atoms with Crippen LogP contribution in [-0.2, 0) is 6.42 Å². The summed E-state index contributed by atoms with van der Waals surface area (Å²) in [6.07, 6.45) is 7.43. The van der Waals surface area contributed by atoms with Crippen LogP contribution in [0.15, 0.2) is 48.8 Å². The third kappa shape index (κ3) is 1.93. The van der Waals surface area contributed by atoms with Gasteiger partial charge in [-0.1, -0.05) is 24.3 Å². The van der Waals surface area contributed by atoms with Crippen LogP contribution in [0.4, 0.5) is 0 Å². The molecule has 1 aliphatic carbocycles. The van der Waals surface area contributed by atoms with Crippen LogP contribution in [0.3, 0.4) is 0 Å². The second kappa shape index (κ2) is 4.23. The highest BCUT2D eigenvalue weighted by Crippen LogP contribution is 2.43. The number of aromatic amines is 1. The van der Waals surface area contributed by atoms with Gasteiger partial charge in [-0.15, -0.1) is 0 Å². The van der Waals surface area contributed by atoms with E-state index in [0.717, 1.165) is 12.3 Å². The first-order valence-corrected chi connectivity index (χ1v) is 6.90. The van der Waals surface area contributed by atoms with Gasteiger partial charge in [0, 0.05) is 35.4 Å². The van der Waals surface area contributed by atoms with Crippen molar-refractivity contribution < 1.29 is 0 Å². The van der Waals surface area contributed by atoms with E-state index in [0.29, 0.717) is 0 Å². The molecule has 1 aromatic carbocycles. The molecule has 0 aliphatic heterocycles. The summed E-state index contributed by atoms with van der Waals surface area (Å²) in [5.41, 5.74) is 5.47. The molecule has 0 atom stereocenters. The fraction of sp³-hybridized carbons (Fsp3) is 0.235. The van der Waals surface area contributed by atoms with Gasteiger partial charge >= 0.3 is 0 Å². The standard InChI is InChI=1S/C17H16N2/c1-2-6-16-14(5-1)15(17(19-16)13-7-8-13)10-12-4-3-9-18-11-12/h1-6,9,11,13,19H,7-8,10H2. The van der Waals surface area contributed by atoms with E-state index >= 15 is 0 Å². The SMILES string of the molecule is c1cncc(Cc2c(C3CC3)[nH]c3ccccc23)c1. The lowest BCUT2D eigenvalue weighted by atomic mass is 10.0. The Hall–Kier alpha value is -2.09. The molecule has 94 valence electrons. The summed E-state index contributed by atoms with van der Waals surface area (Å²) >= 11 is 0. The van der Waals surface area contributed by atoms with Crippen molar-refractivity contribution in [1.82, 2.24) is 9.97 Å². The molecule has 3 aromatic rings. The smallest absolute Gasteiger partial charge is 0.0459 e. The number of hydrogen-bond acceptors (Lipinski definition) is 1. The number of pyridine rings is 1. The van der Waals surface area contributed by atoms with Gasteiger partial charge in [0.25, 0.3) is 0 Å². The van der Waals surface area contributed by atoms with Crippen molar-refractivity contribution in [3.05, 3.63) is 65.6 Å². The second-order valence-corrected chi connectivity index (χ2v) is 5.38. The van der Waals surface area contributed by atoms with Crippen molar-refractivity contribution >= 4 is 10.9 Å². The fourth-order valence-corrected chi connectivity index (χ4v) is 2.84. The maximum absolute atomic E-state index is 4.23. The van der Waals surface area contributed by atoms with Crippen LogP contribution in [0, 0.1) is 0 Å². The molecular weight excluding hydrogens is 232 g/mol. The van der Waals surface area contributed by atoms with Gasteiger partial charge in [0.15, 0.2) is 0 Å². The topological polar surface area (TPSA) is 28.7 Å². The Bertz CT molecular complexity index is 708. The van der Waals surface area contributed by atoms with Crippen LogP contribution in [0.1, 0.15) is 35.6 Å². The molecule has 0 amide bonds. The number of rotatable bonds is 3. The predicted octanol–water partition coefficient (Wildman–Crippen LogP) is 4.03. The van der Waals surface area contributed by atoms with Crippen molar-refractivity contribution in [1.29, 1.82) is 0 Å². The van der Waals surface area contributed by atoms with E-state index in [2.05, 4.69) is 40.3 Å². The van der Waals surface area contributed by atoms with E-state index < -0.39 is 0 Å². The van der Waals surface area contributed by atoms with Gasteiger partial charge in [0.05, 0.1) is 0 Å². The molecule has 0 spiro atoms. The van der Waals surface area contributed by atoms with Crippen LogP contribution in [0.25, 0.3) is 10.9 Å². The largest absolute Gasteiger partial charge is 0.358 e. The Kier molecular flexibility index (Phi) is 2.41. The molecule has 1 fully saturated rings. The summed E-state index contributed by atoms with van der Waals surface area (Å²) in [5, 5.41) is 1.37. The van der Waals surface area contributed by atoms with E-state index in [1.807, 2.05) is 18.5 Å². The summed E-state index contributed by atoms with van der Waals surface area (Å²) < 4.78 is 0. The molecule has 2 heterocycles. The summed E-state index contributed by atoms with van der Waals surface area (Å²) in [7, 11) is 0. The van der Waals surface area contributed by atoms with Crippen LogP contribution >= 0.6 is 0 Å². The molecule has 0 saturated heterocycles. The van der Waals surface area contributed by atoms with E-state index in [1.165, 1.54) is 40.6 Å². The van der Waals surface area contributed by atoms with E-state index in [9.17, 15) is 0 Å². The fourth-order valence-electron chi connectivity index (χ4n) is 2.84. The lowest BCUT2D eigenvalue weighted by Gasteiger charge is -2.04. The first-order chi connectivity index (χ1) is 9.42. The van der Waals surface area contributed by atoms with Gasteiger partial charge in [-0.3, -0.25) is 4.98 Å². The number of para-hydroxylation sites is 1. The molecule has 2 heteroatoms. The van der Waals surface area contributed by atoms with Gasteiger partial charge in [-0.25, -0.2) is 0 Å². The van der Waals surface area contributed by atoms with E-state index in [4.69, 9.17) is 0 Å². The first kappa shape index (κ1) is 10.8.